The van der Waals surface area contributed by atoms with Gasteiger partial charge in [-0.25, -0.2) is 4.98 Å². The fourth-order valence-electron chi connectivity index (χ4n) is 1.80. The fourth-order valence-corrected chi connectivity index (χ4v) is 2.59. The molecule has 2 rings (SSSR count). The van der Waals surface area contributed by atoms with Gasteiger partial charge in [-0.15, -0.1) is 11.3 Å². The van der Waals surface area contributed by atoms with Gasteiger partial charge in [-0.1, -0.05) is 12.1 Å². The lowest BCUT2D eigenvalue weighted by atomic mass is 10.2. The number of ether oxygens (including phenoxy) is 1. The van der Waals surface area contributed by atoms with Gasteiger partial charge in [0.15, 0.2) is 0 Å². The van der Waals surface area contributed by atoms with E-state index in [1.165, 1.54) is 11.3 Å². The molecule has 5 nitrogen and oxygen atoms in total. The number of benzene rings is 1. The van der Waals surface area contributed by atoms with Crippen molar-refractivity contribution in [3.8, 4) is 0 Å². The molecule has 6 heteroatoms. The van der Waals surface area contributed by atoms with E-state index in [4.69, 9.17) is 10.5 Å². The van der Waals surface area contributed by atoms with Gasteiger partial charge < -0.3 is 15.8 Å². The zero-order valence-electron chi connectivity index (χ0n) is 12.8. The summed E-state index contributed by atoms with van der Waals surface area (Å²) < 4.78 is 5.54. The summed E-state index contributed by atoms with van der Waals surface area (Å²) in [5.74, 6) is -0.203. The zero-order chi connectivity index (χ0) is 15.9. The number of nitrogens with two attached hydrogens (primary N) is 1. The summed E-state index contributed by atoms with van der Waals surface area (Å²) in [6.45, 7) is 5.11. The predicted molar refractivity (Wildman–Crippen MR) is 89.2 cm³/mol. The molecule has 0 fully saturated rings. The molecule has 118 valence electrons. The Labute approximate surface area is 134 Å². The Balaban J connectivity index is 1.93. The smallest absolute Gasteiger partial charge is 0.275 e. The van der Waals surface area contributed by atoms with Crippen LogP contribution in [0.25, 0.3) is 0 Å². The minimum absolute atomic E-state index is 0.201. The van der Waals surface area contributed by atoms with Crippen LogP contribution in [0.5, 0.6) is 0 Å². The number of hydrogen-bond acceptors (Lipinski definition) is 5. The molecule has 1 aromatic heterocycles. The summed E-state index contributed by atoms with van der Waals surface area (Å²) in [6.07, 6.45) is 0.898. The number of nitrogens with zero attached hydrogens (tertiary/aromatic N) is 1. The first-order valence-corrected chi connectivity index (χ1v) is 8.13. The van der Waals surface area contributed by atoms with Crippen LogP contribution in [0.4, 0.5) is 5.69 Å². The Bertz CT molecular complexity index is 608. The van der Waals surface area contributed by atoms with Crippen molar-refractivity contribution in [2.24, 2.45) is 5.73 Å². The number of anilines is 1. The highest BCUT2D eigenvalue weighted by molar-refractivity contribution is 7.09. The van der Waals surface area contributed by atoms with Gasteiger partial charge in [-0.2, -0.15) is 0 Å². The first-order chi connectivity index (χ1) is 10.6. The zero-order valence-corrected chi connectivity index (χ0v) is 13.7. The van der Waals surface area contributed by atoms with Gasteiger partial charge in [0.25, 0.3) is 5.91 Å². The minimum Gasteiger partial charge on any atom is -0.374 e. The van der Waals surface area contributed by atoms with Crippen LogP contribution in [-0.4, -0.2) is 23.5 Å². The van der Waals surface area contributed by atoms with E-state index in [1.807, 2.05) is 38.1 Å². The second kappa shape index (κ2) is 8.03. The second-order valence-electron chi connectivity index (χ2n) is 5.18. The Kier molecular flexibility index (Phi) is 6.06. The molecule has 0 saturated carbocycles. The number of thiazole rings is 1. The van der Waals surface area contributed by atoms with Crippen LogP contribution in [0.2, 0.25) is 0 Å². The van der Waals surface area contributed by atoms with Crippen molar-refractivity contribution in [3.63, 3.8) is 0 Å². The van der Waals surface area contributed by atoms with Crippen molar-refractivity contribution in [1.82, 2.24) is 4.98 Å². The average Bonchev–Trinajstić information content (AvgIpc) is 2.96. The molecule has 0 aliphatic heterocycles. The molecule has 3 N–H and O–H groups in total. The van der Waals surface area contributed by atoms with Gasteiger partial charge >= 0.3 is 0 Å². The summed E-state index contributed by atoms with van der Waals surface area (Å²) in [6, 6.07) is 7.62. The molecule has 0 spiro atoms. The highest BCUT2D eigenvalue weighted by Crippen LogP contribution is 2.14. The molecule has 0 radical (unpaired) electrons. The Morgan fingerprint density at radius 3 is 2.73 bits per heavy atom. The third-order valence-corrected chi connectivity index (χ3v) is 3.85. The molecular weight excluding hydrogens is 298 g/mol. The summed E-state index contributed by atoms with van der Waals surface area (Å²) >= 11 is 1.46. The maximum atomic E-state index is 12.1. The molecule has 0 saturated heterocycles. The molecule has 0 aliphatic carbocycles. The number of aromatic nitrogens is 1. The van der Waals surface area contributed by atoms with E-state index >= 15 is 0 Å². The molecule has 1 aromatic carbocycles. The summed E-state index contributed by atoms with van der Waals surface area (Å²) in [4.78, 5) is 16.4. The molecule has 0 bridgehead atoms. The number of hydrogen-bond donors (Lipinski definition) is 2. The molecule has 22 heavy (non-hydrogen) atoms. The van der Waals surface area contributed by atoms with Gasteiger partial charge in [-0.05, 0) is 38.1 Å². The van der Waals surface area contributed by atoms with Gasteiger partial charge in [0.05, 0.1) is 17.7 Å². The highest BCUT2D eigenvalue weighted by Gasteiger charge is 2.10. The van der Waals surface area contributed by atoms with Crippen molar-refractivity contribution in [2.45, 2.75) is 33.0 Å². The quantitative estimate of drug-likeness (QED) is 0.822. The summed E-state index contributed by atoms with van der Waals surface area (Å²) in [5, 5.41) is 5.48. The van der Waals surface area contributed by atoms with E-state index in [0.717, 1.165) is 16.3 Å². The molecule has 2 aromatic rings. The molecule has 0 unspecified atom stereocenters. The Hall–Kier alpha value is -1.76. The third-order valence-electron chi connectivity index (χ3n) is 2.94. The van der Waals surface area contributed by atoms with Crippen molar-refractivity contribution in [2.75, 3.05) is 11.9 Å². The van der Waals surface area contributed by atoms with Gasteiger partial charge in [0, 0.05) is 17.5 Å². The normalized spacial score (nSPS) is 10.9. The lowest BCUT2D eigenvalue weighted by Crippen LogP contribution is -2.13. The van der Waals surface area contributed by atoms with E-state index in [2.05, 4.69) is 10.3 Å². The SMILES string of the molecule is CC(C)OCc1ccc(NC(=O)c2csc(CCN)n2)cc1. The lowest BCUT2D eigenvalue weighted by molar-refractivity contribution is 0.0657. The van der Waals surface area contributed by atoms with Crippen LogP contribution in [0.1, 0.15) is 34.9 Å². The number of nitrogens with one attached hydrogen (secondary N) is 1. The number of carbonyl (C=O) groups is 1. The van der Waals surface area contributed by atoms with Crippen molar-refractivity contribution in [3.05, 3.63) is 45.9 Å². The maximum absolute atomic E-state index is 12.1. The first kappa shape index (κ1) is 16.6. The van der Waals surface area contributed by atoms with Crippen LogP contribution in [0, 0.1) is 0 Å². The summed E-state index contributed by atoms with van der Waals surface area (Å²) in [7, 11) is 0. The largest absolute Gasteiger partial charge is 0.374 e. The molecule has 0 atom stereocenters. The van der Waals surface area contributed by atoms with Crippen LogP contribution in [-0.2, 0) is 17.8 Å². The van der Waals surface area contributed by atoms with Crippen molar-refractivity contribution < 1.29 is 9.53 Å². The fraction of sp³-hybridized carbons (Fsp3) is 0.375. The molecule has 1 heterocycles. The number of amides is 1. The van der Waals surface area contributed by atoms with Crippen molar-refractivity contribution >= 4 is 22.9 Å². The van der Waals surface area contributed by atoms with Crippen LogP contribution < -0.4 is 11.1 Å². The lowest BCUT2D eigenvalue weighted by Gasteiger charge is -2.08. The van der Waals surface area contributed by atoms with Gasteiger partial charge in [0.1, 0.15) is 5.69 Å². The van der Waals surface area contributed by atoms with E-state index in [1.54, 1.807) is 5.38 Å². The van der Waals surface area contributed by atoms with Gasteiger partial charge in [-0.3, -0.25) is 4.79 Å². The third kappa shape index (κ3) is 4.91. The second-order valence-corrected chi connectivity index (χ2v) is 6.12. The first-order valence-electron chi connectivity index (χ1n) is 7.25. The van der Waals surface area contributed by atoms with E-state index in [-0.39, 0.29) is 12.0 Å². The maximum Gasteiger partial charge on any atom is 0.275 e. The predicted octanol–water partition coefficient (Wildman–Crippen LogP) is 2.82. The van der Waals surface area contributed by atoms with Crippen LogP contribution in [0.3, 0.4) is 0 Å². The van der Waals surface area contributed by atoms with Crippen molar-refractivity contribution in [1.29, 1.82) is 0 Å². The molecule has 1 amide bonds. The topological polar surface area (TPSA) is 77.2 Å². The van der Waals surface area contributed by atoms with Gasteiger partial charge in [0.2, 0.25) is 0 Å². The van der Waals surface area contributed by atoms with Crippen LogP contribution >= 0.6 is 11.3 Å². The van der Waals surface area contributed by atoms with Crippen LogP contribution in [0.15, 0.2) is 29.6 Å². The monoisotopic (exact) mass is 319 g/mol. The number of rotatable bonds is 7. The average molecular weight is 319 g/mol. The molecule has 0 aliphatic rings. The van der Waals surface area contributed by atoms with E-state index < -0.39 is 0 Å². The Morgan fingerprint density at radius 1 is 1.36 bits per heavy atom. The van der Waals surface area contributed by atoms with E-state index in [0.29, 0.717) is 25.3 Å². The molecular formula is C16H21N3O2S. The standard InChI is InChI=1S/C16H21N3O2S/c1-11(2)21-9-12-3-5-13(6-4-12)18-16(20)14-10-22-15(19-14)7-8-17/h3-6,10-11H,7-9,17H2,1-2H3,(H,18,20). The summed E-state index contributed by atoms with van der Waals surface area (Å²) in [5.41, 5.74) is 7.73. The highest BCUT2D eigenvalue weighted by atomic mass is 32.1. The Morgan fingerprint density at radius 2 is 2.09 bits per heavy atom. The minimum atomic E-state index is -0.203. The van der Waals surface area contributed by atoms with E-state index in [9.17, 15) is 4.79 Å². The number of carbonyl (C=O) groups excluding carboxylic acids is 1.